The van der Waals surface area contributed by atoms with Gasteiger partial charge in [-0.25, -0.2) is 13.1 Å². The average molecular weight is 619 g/mol. The van der Waals surface area contributed by atoms with Crippen LogP contribution in [0.5, 0.6) is 0 Å². The lowest BCUT2D eigenvalue weighted by Crippen LogP contribution is -2.35. The minimum Gasteiger partial charge on any atom is -0.322 e. The van der Waals surface area contributed by atoms with Crippen molar-refractivity contribution in [2.24, 2.45) is 0 Å². The molecule has 0 aromatic heterocycles. The van der Waals surface area contributed by atoms with E-state index in [1.165, 1.54) is 12.1 Å². The number of fused-ring (bicyclic) bond motifs is 1. The largest absolute Gasteiger partial charge is 0.416 e. The van der Waals surface area contributed by atoms with E-state index in [4.69, 9.17) is 0 Å². The number of aryl methyl sites for hydroxylation is 1. The van der Waals surface area contributed by atoms with E-state index < -0.39 is 50.3 Å². The van der Waals surface area contributed by atoms with E-state index in [1.807, 2.05) is 0 Å². The molecular weight excluding hydrogens is 594 g/mol. The van der Waals surface area contributed by atoms with Crippen molar-refractivity contribution in [3.05, 3.63) is 118 Å². The maximum absolute atomic E-state index is 13.3. The molecule has 12 heteroatoms. The summed E-state index contributed by atoms with van der Waals surface area (Å²) in [5.74, 6) is -0.488. The van der Waals surface area contributed by atoms with E-state index in [0.717, 1.165) is 41.5 Å². The Hall–Kier alpha value is -4.16. The number of hydrogen-bond donors (Lipinski definition) is 2. The number of sulfonamides is 1. The Balaban J connectivity index is 1.32. The van der Waals surface area contributed by atoms with Gasteiger partial charge in [0.25, 0.3) is 5.91 Å². The van der Waals surface area contributed by atoms with Crippen molar-refractivity contribution in [2.75, 3.05) is 5.32 Å². The summed E-state index contributed by atoms with van der Waals surface area (Å²) < 4.78 is 107. The monoisotopic (exact) mass is 618 g/mol. The van der Waals surface area contributed by atoms with E-state index in [0.29, 0.717) is 34.9 Å². The molecule has 224 valence electrons. The zero-order chi connectivity index (χ0) is 31.2. The molecule has 2 N–H and O–H groups in total. The lowest BCUT2D eigenvalue weighted by atomic mass is 9.93. The zero-order valence-corrected chi connectivity index (χ0v) is 23.3. The molecular formula is C31H24F6N2O3S. The first-order chi connectivity index (χ1) is 20.1. The fraction of sp³-hybridized carbons (Fsp3) is 0.194. The van der Waals surface area contributed by atoms with Gasteiger partial charge in [0, 0.05) is 17.3 Å². The molecule has 1 amide bonds. The maximum Gasteiger partial charge on any atom is 0.416 e. The van der Waals surface area contributed by atoms with Crippen LogP contribution in [-0.2, 0) is 35.2 Å². The number of hydrogen-bond acceptors (Lipinski definition) is 3. The molecule has 4 aromatic rings. The Morgan fingerprint density at radius 1 is 0.767 bits per heavy atom. The third-order valence-corrected chi connectivity index (χ3v) is 8.73. The first-order valence-electron chi connectivity index (χ1n) is 13.0. The Morgan fingerprint density at radius 3 is 2.09 bits per heavy atom. The minimum atomic E-state index is -4.69. The molecule has 1 atom stereocenters. The predicted octanol–water partition coefficient (Wildman–Crippen LogP) is 7.40. The van der Waals surface area contributed by atoms with E-state index in [2.05, 4.69) is 10.0 Å². The third-order valence-electron chi connectivity index (χ3n) is 7.21. The summed E-state index contributed by atoms with van der Waals surface area (Å²) in [5.41, 5.74) is 2.00. The molecule has 0 bridgehead atoms. The molecule has 1 aliphatic rings. The van der Waals surface area contributed by atoms with Gasteiger partial charge in [-0.15, -0.1) is 0 Å². The molecule has 1 unspecified atom stereocenters. The van der Waals surface area contributed by atoms with Gasteiger partial charge in [0.2, 0.25) is 10.0 Å². The molecule has 4 aromatic carbocycles. The van der Waals surface area contributed by atoms with Crippen LogP contribution in [0.1, 0.15) is 38.2 Å². The van der Waals surface area contributed by atoms with E-state index >= 15 is 0 Å². The first kappa shape index (κ1) is 30.3. The summed E-state index contributed by atoms with van der Waals surface area (Å²) in [5, 5.41) is 2.81. The van der Waals surface area contributed by atoms with Gasteiger partial charge < -0.3 is 5.32 Å². The number of carbonyl (C=O) groups excluding carboxylic acids is 1. The van der Waals surface area contributed by atoms with Crippen molar-refractivity contribution >= 4 is 21.6 Å². The SMILES string of the molecule is Cc1cccc(C(=O)Nc2ccc3c(c2)CC(NS(=O)(=O)c2cccc(C(F)(F)F)c2)C3)c1-c1ccc(C(F)(F)F)cc1. The predicted molar refractivity (Wildman–Crippen MR) is 149 cm³/mol. The van der Waals surface area contributed by atoms with Gasteiger partial charge in [0.1, 0.15) is 0 Å². The standard InChI is InChI=1S/C31H24F6N2O3S/c1-18-4-2-7-27(28(18)19-8-11-22(12-9-19)30(32,33)34)29(40)38-24-13-10-20-14-25(16-21(20)15-24)39-43(41,42)26-6-3-5-23(17-26)31(35,36)37/h2-13,15,17,25,39H,14,16H2,1H3,(H,38,40). The summed E-state index contributed by atoms with van der Waals surface area (Å²) in [6, 6.07) is 17.5. The number of rotatable bonds is 6. The lowest BCUT2D eigenvalue weighted by molar-refractivity contribution is -0.138. The molecule has 0 fully saturated rings. The topological polar surface area (TPSA) is 75.3 Å². The Kier molecular flexibility index (Phi) is 7.86. The van der Waals surface area contributed by atoms with Crippen LogP contribution in [0, 0.1) is 6.92 Å². The molecule has 5 nitrogen and oxygen atoms in total. The van der Waals surface area contributed by atoms with Crippen LogP contribution in [-0.4, -0.2) is 20.4 Å². The highest BCUT2D eigenvalue weighted by molar-refractivity contribution is 7.89. The molecule has 0 heterocycles. The molecule has 0 spiro atoms. The van der Waals surface area contributed by atoms with Gasteiger partial charge in [0.05, 0.1) is 16.0 Å². The van der Waals surface area contributed by atoms with Crippen LogP contribution in [0.25, 0.3) is 11.1 Å². The van der Waals surface area contributed by atoms with Gasteiger partial charge in [-0.3, -0.25) is 4.79 Å². The summed E-state index contributed by atoms with van der Waals surface area (Å²) in [6.45, 7) is 1.75. The van der Waals surface area contributed by atoms with Crippen LogP contribution < -0.4 is 10.0 Å². The summed E-state index contributed by atoms with van der Waals surface area (Å²) in [4.78, 5) is 12.8. The van der Waals surface area contributed by atoms with Crippen molar-refractivity contribution in [3.63, 3.8) is 0 Å². The summed E-state index contributed by atoms with van der Waals surface area (Å²) in [6.07, 6.45) is -8.63. The zero-order valence-electron chi connectivity index (χ0n) is 22.5. The highest BCUT2D eigenvalue weighted by Crippen LogP contribution is 2.34. The highest BCUT2D eigenvalue weighted by atomic mass is 32.2. The Bertz CT molecular complexity index is 1800. The highest BCUT2D eigenvalue weighted by Gasteiger charge is 2.33. The molecule has 43 heavy (non-hydrogen) atoms. The fourth-order valence-corrected chi connectivity index (χ4v) is 6.45. The Labute approximate surface area is 243 Å². The van der Waals surface area contributed by atoms with E-state index in [9.17, 15) is 39.6 Å². The molecule has 0 radical (unpaired) electrons. The summed E-state index contributed by atoms with van der Waals surface area (Å²) >= 11 is 0. The van der Waals surface area contributed by atoms with Gasteiger partial charge in [-0.2, -0.15) is 26.3 Å². The van der Waals surface area contributed by atoms with Gasteiger partial charge in [0.15, 0.2) is 0 Å². The van der Waals surface area contributed by atoms with Crippen LogP contribution >= 0.6 is 0 Å². The van der Waals surface area contributed by atoms with Crippen molar-refractivity contribution < 1.29 is 39.6 Å². The van der Waals surface area contributed by atoms with Crippen LogP contribution in [0.3, 0.4) is 0 Å². The lowest BCUT2D eigenvalue weighted by Gasteiger charge is -2.15. The molecule has 5 rings (SSSR count). The van der Waals surface area contributed by atoms with E-state index in [1.54, 1.807) is 43.3 Å². The molecule has 0 saturated carbocycles. The third kappa shape index (κ3) is 6.60. The van der Waals surface area contributed by atoms with Gasteiger partial charge in [-0.05, 0) is 96.1 Å². The number of carbonyl (C=O) groups is 1. The molecule has 1 aliphatic carbocycles. The first-order valence-corrected chi connectivity index (χ1v) is 14.5. The number of alkyl halides is 6. The number of amides is 1. The van der Waals surface area contributed by atoms with Crippen molar-refractivity contribution in [1.29, 1.82) is 0 Å². The van der Waals surface area contributed by atoms with Crippen LogP contribution in [0.4, 0.5) is 32.0 Å². The summed E-state index contributed by atoms with van der Waals surface area (Å²) in [7, 11) is -4.24. The number of benzene rings is 4. The van der Waals surface area contributed by atoms with Gasteiger partial charge in [-0.1, -0.05) is 36.4 Å². The quantitative estimate of drug-likeness (QED) is 0.221. The van der Waals surface area contributed by atoms with Crippen molar-refractivity contribution in [3.8, 4) is 11.1 Å². The van der Waals surface area contributed by atoms with Crippen LogP contribution in [0.2, 0.25) is 0 Å². The minimum absolute atomic E-state index is 0.248. The normalized spacial score (nSPS) is 15.3. The maximum atomic E-state index is 13.3. The van der Waals surface area contributed by atoms with Crippen LogP contribution in [0.15, 0.2) is 89.8 Å². The Morgan fingerprint density at radius 2 is 1.42 bits per heavy atom. The second-order valence-electron chi connectivity index (χ2n) is 10.3. The number of anilines is 1. The van der Waals surface area contributed by atoms with Gasteiger partial charge >= 0.3 is 12.4 Å². The molecule has 0 aliphatic heterocycles. The van der Waals surface area contributed by atoms with Crippen molar-refractivity contribution in [2.45, 2.75) is 43.1 Å². The average Bonchev–Trinajstić information content (AvgIpc) is 3.33. The fourth-order valence-electron chi connectivity index (χ4n) is 5.17. The smallest absolute Gasteiger partial charge is 0.322 e. The number of nitrogens with one attached hydrogen (secondary N) is 2. The second-order valence-corrected chi connectivity index (χ2v) is 12.0. The van der Waals surface area contributed by atoms with E-state index in [-0.39, 0.29) is 12.0 Å². The van der Waals surface area contributed by atoms with Crippen molar-refractivity contribution in [1.82, 2.24) is 4.72 Å². The second kappa shape index (κ2) is 11.2. The molecule has 0 saturated heterocycles. The number of halogens is 6.